The van der Waals surface area contributed by atoms with Crippen LogP contribution in [-0.4, -0.2) is 39.4 Å². The third-order valence-electron chi connectivity index (χ3n) is 4.40. The molecule has 0 aliphatic carbocycles. The third-order valence-corrected chi connectivity index (χ3v) is 4.89. The molecule has 1 saturated heterocycles. The Morgan fingerprint density at radius 1 is 1.00 bits per heavy atom. The number of benzene rings is 2. The summed E-state index contributed by atoms with van der Waals surface area (Å²) in [6, 6.07) is 14.9. The first-order valence-corrected chi connectivity index (χ1v) is 10.1. The number of hydrazone groups is 1. The smallest absolute Gasteiger partial charge is 0.250 e. The Bertz CT molecular complexity index is 1010. The number of rotatable bonds is 6. The van der Waals surface area contributed by atoms with E-state index in [2.05, 4.69) is 51.6 Å². The summed E-state index contributed by atoms with van der Waals surface area (Å²) in [5.74, 6) is 1.51. The van der Waals surface area contributed by atoms with Gasteiger partial charge in [0.2, 0.25) is 17.8 Å². The van der Waals surface area contributed by atoms with Crippen molar-refractivity contribution in [1.29, 1.82) is 0 Å². The zero-order chi connectivity index (χ0) is 20.1. The highest BCUT2D eigenvalue weighted by molar-refractivity contribution is 9.10. The van der Waals surface area contributed by atoms with Crippen LogP contribution in [0.25, 0.3) is 0 Å². The molecule has 0 unspecified atom stereocenters. The van der Waals surface area contributed by atoms with Crippen molar-refractivity contribution in [3.8, 4) is 5.75 Å². The van der Waals surface area contributed by atoms with E-state index in [1.54, 1.807) is 18.2 Å². The van der Waals surface area contributed by atoms with Gasteiger partial charge < -0.3 is 15.3 Å². The van der Waals surface area contributed by atoms with Gasteiger partial charge in [0.1, 0.15) is 5.75 Å². The molecule has 9 heteroatoms. The van der Waals surface area contributed by atoms with Gasteiger partial charge in [0, 0.05) is 28.8 Å². The monoisotopic (exact) mass is 453 g/mol. The summed E-state index contributed by atoms with van der Waals surface area (Å²) in [5, 5.41) is 17.3. The Morgan fingerprint density at radius 3 is 2.55 bits per heavy atom. The van der Waals surface area contributed by atoms with Crippen LogP contribution in [-0.2, 0) is 0 Å². The number of anilines is 4. The lowest BCUT2D eigenvalue weighted by Crippen LogP contribution is -2.21. The first-order chi connectivity index (χ1) is 14.2. The fraction of sp³-hybridized carbons (Fsp3) is 0.200. The van der Waals surface area contributed by atoms with E-state index in [4.69, 9.17) is 0 Å². The van der Waals surface area contributed by atoms with E-state index in [1.165, 1.54) is 6.21 Å². The minimum absolute atomic E-state index is 0.138. The van der Waals surface area contributed by atoms with Gasteiger partial charge in [-0.25, -0.2) is 5.43 Å². The predicted octanol–water partition coefficient (Wildman–Crippen LogP) is 4.13. The molecule has 148 valence electrons. The van der Waals surface area contributed by atoms with Gasteiger partial charge in [-0.05, 0) is 43.2 Å². The maximum Gasteiger partial charge on any atom is 0.250 e. The molecule has 0 bridgehead atoms. The lowest BCUT2D eigenvalue weighted by molar-refractivity contribution is 0.474. The summed E-state index contributed by atoms with van der Waals surface area (Å²) >= 11 is 3.38. The highest BCUT2D eigenvalue weighted by atomic mass is 79.9. The number of halogens is 1. The summed E-state index contributed by atoms with van der Waals surface area (Å²) in [5.41, 5.74) is 4.31. The summed E-state index contributed by atoms with van der Waals surface area (Å²) < 4.78 is 0.850. The molecule has 3 N–H and O–H groups in total. The number of hydrogen-bond donors (Lipinski definition) is 3. The van der Waals surface area contributed by atoms with Gasteiger partial charge in [-0.1, -0.05) is 34.1 Å². The topological polar surface area (TPSA) is 98.6 Å². The van der Waals surface area contributed by atoms with E-state index >= 15 is 0 Å². The number of hydrogen-bond acceptors (Lipinski definition) is 8. The molecule has 0 saturated carbocycles. The number of aromatic hydroxyl groups is 1. The van der Waals surface area contributed by atoms with Gasteiger partial charge >= 0.3 is 0 Å². The normalized spacial score (nSPS) is 13.8. The summed E-state index contributed by atoms with van der Waals surface area (Å²) in [6.45, 7) is 1.84. The van der Waals surface area contributed by atoms with Crippen molar-refractivity contribution in [2.24, 2.45) is 5.10 Å². The zero-order valence-corrected chi connectivity index (χ0v) is 17.2. The van der Waals surface area contributed by atoms with Gasteiger partial charge in [0.05, 0.1) is 6.21 Å². The average molecular weight is 454 g/mol. The molecule has 1 aromatic heterocycles. The molecule has 1 aliphatic heterocycles. The molecular weight excluding hydrogens is 434 g/mol. The van der Waals surface area contributed by atoms with Crippen LogP contribution >= 0.6 is 15.9 Å². The van der Waals surface area contributed by atoms with Gasteiger partial charge in [-0.15, -0.1) is 0 Å². The molecule has 2 heterocycles. The molecule has 4 rings (SSSR count). The van der Waals surface area contributed by atoms with E-state index in [0.29, 0.717) is 23.4 Å². The van der Waals surface area contributed by atoms with Crippen LogP contribution in [0.3, 0.4) is 0 Å². The average Bonchev–Trinajstić information content (AvgIpc) is 3.26. The SMILES string of the molecule is Oc1ccc(Br)cc1C=NNc1nc(Nc2ccccc2)nc(N2CCCC2)n1. The van der Waals surface area contributed by atoms with Crippen molar-refractivity contribution in [2.75, 3.05) is 28.7 Å². The van der Waals surface area contributed by atoms with Crippen molar-refractivity contribution in [3.05, 3.63) is 58.6 Å². The molecule has 0 amide bonds. The fourth-order valence-corrected chi connectivity index (χ4v) is 3.35. The lowest BCUT2D eigenvalue weighted by atomic mass is 10.2. The standard InChI is InChI=1S/C20H20BrN7O/c21-15-8-9-17(29)14(12-15)13-22-27-19-24-18(23-16-6-2-1-3-7-16)25-20(26-19)28-10-4-5-11-28/h1-3,6-9,12-13,29H,4-5,10-11H2,(H2,23,24,25,26,27). The Balaban J connectivity index is 1.57. The molecular formula is C20H20BrN7O. The van der Waals surface area contributed by atoms with Crippen molar-refractivity contribution >= 4 is 45.7 Å². The molecule has 3 aromatic rings. The highest BCUT2D eigenvalue weighted by Crippen LogP contribution is 2.22. The lowest BCUT2D eigenvalue weighted by Gasteiger charge is -2.16. The van der Waals surface area contributed by atoms with Crippen molar-refractivity contribution in [3.63, 3.8) is 0 Å². The van der Waals surface area contributed by atoms with E-state index in [1.807, 2.05) is 30.3 Å². The maximum atomic E-state index is 9.93. The molecule has 8 nitrogen and oxygen atoms in total. The Morgan fingerprint density at radius 2 is 1.76 bits per heavy atom. The van der Waals surface area contributed by atoms with E-state index in [9.17, 15) is 5.11 Å². The van der Waals surface area contributed by atoms with Crippen molar-refractivity contribution in [1.82, 2.24) is 15.0 Å². The maximum absolute atomic E-state index is 9.93. The van der Waals surface area contributed by atoms with Gasteiger partial charge in [-0.2, -0.15) is 20.1 Å². The van der Waals surface area contributed by atoms with Gasteiger partial charge in [0.15, 0.2) is 0 Å². The highest BCUT2D eigenvalue weighted by Gasteiger charge is 2.17. The minimum atomic E-state index is 0.138. The van der Waals surface area contributed by atoms with Crippen LogP contribution < -0.4 is 15.6 Å². The molecule has 0 radical (unpaired) electrons. The molecule has 2 aromatic carbocycles. The number of phenolic OH excluding ortho intramolecular Hbond substituents is 1. The predicted molar refractivity (Wildman–Crippen MR) is 118 cm³/mol. The largest absolute Gasteiger partial charge is 0.507 e. The van der Waals surface area contributed by atoms with E-state index < -0.39 is 0 Å². The Labute approximate surface area is 176 Å². The first kappa shape index (κ1) is 19.1. The summed E-state index contributed by atoms with van der Waals surface area (Å²) in [4.78, 5) is 15.6. The molecule has 1 fully saturated rings. The van der Waals surface area contributed by atoms with Crippen LogP contribution in [0, 0.1) is 0 Å². The zero-order valence-electron chi connectivity index (χ0n) is 15.6. The van der Waals surface area contributed by atoms with Crippen molar-refractivity contribution < 1.29 is 5.11 Å². The fourth-order valence-electron chi connectivity index (χ4n) is 2.97. The van der Waals surface area contributed by atoms with Crippen LogP contribution in [0.15, 0.2) is 58.1 Å². The Hall–Kier alpha value is -3.20. The van der Waals surface area contributed by atoms with Gasteiger partial charge in [-0.3, -0.25) is 0 Å². The Kier molecular flexibility index (Phi) is 5.85. The molecule has 0 atom stereocenters. The summed E-state index contributed by atoms with van der Waals surface area (Å²) in [7, 11) is 0. The van der Waals surface area contributed by atoms with E-state index in [0.717, 1.165) is 36.1 Å². The van der Waals surface area contributed by atoms with E-state index in [-0.39, 0.29) is 5.75 Å². The number of phenols is 1. The quantitative estimate of drug-likeness (QED) is 0.381. The van der Waals surface area contributed by atoms with Gasteiger partial charge in [0.25, 0.3) is 0 Å². The van der Waals surface area contributed by atoms with Crippen molar-refractivity contribution in [2.45, 2.75) is 12.8 Å². The third kappa shape index (κ3) is 5.00. The second-order valence-electron chi connectivity index (χ2n) is 6.54. The number of para-hydroxylation sites is 1. The second kappa shape index (κ2) is 8.87. The number of nitrogens with zero attached hydrogens (tertiary/aromatic N) is 5. The molecule has 29 heavy (non-hydrogen) atoms. The second-order valence-corrected chi connectivity index (χ2v) is 7.46. The van der Waals surface area contributed by atoms with Crippen LogP contribution in [0.1, 0.15) is 18.4 Å². The van der Waals surface area contributed by atoms with Crippen LogP contribution in [0.5, 0.6) is 5.75 Å². The molecule has 0 spiro atoms. The number of aromatic nitrogens is 3. The molecule has 1 aliphatic rings. The first-order valence-electron chi connectivity index (χ1n) is 9.28. The van der Waals surface area contributed by atoms with Crippen LogP contribution in [0.2, 0.25) is 0 Å². The minimum Gasteiger partial charge on any atom is -0.507 e. The number of nitrogens with one attached hydrogen (secondary N) is 2. The van der Waals surface area contributed by atoms with Crippen LogP contribution in [0.4, 0.5) is 23.5 Å². The summed E-state index contributed by atoms with van der Waals surface area (Å²) in [6.07, 6.45) is 3.76.